The van der Waals surface area contributed by atoms with E-state index >= 15 is 0 Å². The lowest BCUT2D eigenvalue weighted by atomic mass is 10.1. The van der Waals surface area contributed by atoms with Crippen molar-refractivity contribution in [2.75, 3.05) is 29.9 Å². The van der Waals surface area contributed by atoms with Crippen LogP contribution in [0.1, 0.15) is 10.5 Å². The first-order valence-electron chi connectivity index (χ1n) is 11.5. The maximum absolute atomic E-state index is 13.3. The molecule has 2 N–H and O–H groups in total. The van der Waals surface area contributed by atoms with Gasteiger partial charge in [0.25, 0.3) is 0 Å². The number of methoxy groups -OCH3 is 1. The Kier molecular flexibility index (Phi) is 6.52. The number of carbonyl (C=O) groups is 2. The summed E-state index contributed by atoms with van der Waals surface area (Å²) in [6.07, 6.45) is 0. The average Bonchev–Trinajstić information content (AvgIpc) is 3.57. The predicted molar refractivity (Wildman–Crippen MR) is 149 cm³/mol. The zero-order valence-electron chi connectivity index (χ0n) is 19.9. The number of ether oxygens (including phenoxy) is 2. The van der Waals surface area contributed by atoms with Gasteiger partial charge in [-0.25, -0.2) is 9.78 Å². The molecule has 0 spiro atoms. The van der Waals surface area contributed by atoms with Gasteiger partial charge in [0.15, 0.2) is 10.8 Å². The fraction of sp³-hybridized carbons (Fsp3) is 0.115. The Bertz CT molecular complexity index is 1520. The molecule has 12 heteroatoms. The van der Waals surface area contributed by atoms with Crippen LogP contribution in [0.15, 0.2) is 71.6 Å². The standard InChI is InChI=1S/C26H20N4O5S3/c1-34-17-9-6-15(7-10-17)23-22(25(31)32)27-24(36-23)16-8-11-20-19(14-16)30(12-13-35-20)26(33)29-38-28-18-4-2-3-5-21(18)37-38/h2-11,14H,12-13H2,1H3,(H,31,32)(H,28,29,33). The Balaban J connectivity index is 1.28. The van der Waals surface area contributed by atoms with Crippen molar-refractivity contribution in [3.8, 4) is 32.5 Å². The third-order valence-corrected chi connectivity index (χ3v) is 10.1. The van der Waals surface area contributed by atoms with Crippen molar-refractivity contribution in [2.24, 2.45) is 0 Å². The number of aromatic carboxylic acids is 1. The van der Waals surface area contributed by atoms with E-state index in [9.17, 15) is 14.7 Å². The van der Waals surface area contributed by atoms with Crippen LogP contribution in [0.3, 0.4) is 0 Å². The molecule has 2 amide bonds. The van der Waals surface area contributed by atoms with Crippen molar-refractivity contribution in [1.82, 2.24) is 9.71 Å². The van der Waals surface area contributed by atoms with Gasteiger partial charge in [0, 0.05) is 5.56 Å². The molecule has 192 valence electrons. The lowest BCUT2D eigenvalue weighted by molar-refractivity contribution is -0.255. The molecule has 4 aromatic rings. The number of aromatic nitrogens is 1. The van der Waals surface area contributed by atoms with Crippen LogP contribution in [0.4, 0.5) is 16.2 Å². The highest BCUT2D eigenvalue weighted by atomic mass is 33.1. The first-order valence-corrected chi connectivity index (χ1v) is 14.9. The van der Waals surface area contributed by atoms with E-state index in [1.54, 1.807) is 59.2 Å². The quantitative estimate of drug-likeness (QED) is 0.272. The number of nitrogens with one attached hydrogen (secondary N) is 2. The van der Waals surface area contributed by atoms with Crippen molar-refractivity contribution in [1.29, 1.82) is 0 Å². The summed E-state index contributed by atoms with van der Waals surface area (Å²) in [6.45, 7) is 0.735. The molecule has 0 fully saturated rings. The number of hydrogen-bond acceptors (Lipinski definition) is 9. The number of fused-ring (bicyclic) bond motifs is 2. The third-order valence-electron chi connectivity index (χ3n) is 5.93. The molecule has 38 heavy (non-hydrogen) atoms. The van der Waals surface area contributed by atoms with Crippen LogP contribution in [0.2, 0.25) is 0 Å². The first kappa shape index (κ1) is 24.5. The topological polar surface area (TPSA) is 116 Å². The Morgan fingerprint density at radius 2 is 1.92 bits per heavy atom. The van der Waals surface area contributed by atoms with Crippen molar-refractivity contribution >= 4 is 55.8 Å². The third kappa shape index (κ3) is 4.62. The molecule has 3 heterocycles. The molecule has 1 atom stereocenters. The van der Waals surface area contributed by atoms with E-state index in [-0.39, 0.29) is 11.7 Å². The van der Waals surface area contributed by atoms with Crippen LogP contribution in [-0.2, 0) is 10.3 Å². The Hall–Kier alpha value is -3.87. The number of thiazole rings is 1. The molecule has 1 unspecified atom stereocenters. The molecule has 0 saturated carbocycles. The number of nitrogens with zero attached hydrogens (tertiary/aromatic N) is 2. The van der Waals surface area contributed by atoms with Gasteiger partial charge in [0.1, 0.15) is 34.5 Å². The van der Waals surface area contributed by atoms with Gasteiger partial charge in [-0.1, -0.05) is 12.1 Å². The van der Waals surface area contributed by atoms with Gasteiger partial charge < -0.3 is 19.4 Å². The van der Waals surface area contributed by atoms with Gasteiger partial charge >= 0.3 is 16.3 Å². The number of urea groups is 1. The molecular weight excluding hydrogens is 545 g/mol. The molecule has 2 aliphatic rings. The van der Waals surface area contributed by atoms with Crippen LogP contribution < -0.4 is 28.9 Å². The van der Waals surface area contributed by atoms with E-state index in [4.69, 9.17) is 9.47 Å². The summed E-state index contributed by atoms with van der Waals surface area (Å²) in [4.78, 5) is 32.8. The van der Waals surface area contributed by atoms with Crippen LogP contribution >= 0.6 is 22.1 Å². The summed E-state index contributed by atoms with van der Waals surface area (Å²) in [5.41, 5.74) is 2.81. The van der Waals surface area contributed by atoms with Crippen molar-refractivity contribution in [3.63, 3.8) is 0 Å². The normalized spacial score (nSPS) is 15.6. The monoisotopic (exact) mass is 564 g/mol. The van der Waals surface area contributed by atoms with E-state index < -0.39 is 16.3 Å². The molecular formula is C26H20N4O5S3. The second-order valence-electron chi connectivity index (χ2n) is 8.25. The molecule has 3 aromatic carbocycles. The number of carboxylic acids is 1. The summed E-state index contributed by atoms with van der Waals surface area (Å²) in [7, 11) is 2.52. The molecule has 1 aromatic heterocycles. The fourth-order valence-electron chi connectivity index (χ4n) is 4.10. The average molecular weight is 565 g/mol. The maximum atomic E-state index is 13.3. The number of hydrogen-bond donors (Lipinski definition) is 2. The first-order chi connectivity index (χ1) is 18.5. The van der Waals surface area contributed by atoms with Gasteiger partial charge in [-0.05, 0) is 60.2 Å². The van der Waals surface area contributed by atoms with Crippen LogP contribution in [0.5, 0.6) is 11.5 Å². The number of benzene rings is 3. The van der Waals surface area contributed by atoms with Gasteiger partial charge in [-0.2, -0.15) is 4.72 Å². The summed E-state index contributed by atoms with van der Waals surface area (Å²) < 4.78 is 17.4. The lowest BCUT2D eigenvalue weighted by Gasteiger charge is -2.28. The second-order valence-corrected chi connectivity index (χ2v) is 12.3. The lowest BCUT2D eigenvalue weighted by Crippen LogP contribution is -2.46. The van der Waals surface area contributed by atoms with E-state index in [0.29, 0.717) is 51.3 Å². The fourth-order valence-corrected chi connectivity index (χ4v) is 8.23. The second kappa shape index (κ2) is 10.1. The minimum Gasteiger partial charge on any atom is -0.543 e. The molecule has 0 saturated heterocycles. The van der Waals surface area contributed by atoms with E-state index in [1.807, 2.05) is 30.3 Å². The van der Waals surface area contributed by atoms with Gasteiger partial charge in [0.2, 0.25) is 0 Å². The number of carboxylic acid groups (broad SMARTS) is 1. The zero-order valence-corrected chi connectivity index (χ0v) is 22.4. The van der Waals surface area contributed by atoms with E-state index in [2.05, 4.69) is 14.4 Å². The molecule has 0 bridgehead atoms. The largest absolute Gasteiger partial charge is 0.543 e. The smallest absolute Gasteiger partial charge is 0.366 e. The minimum absolute atomic E-state index is 0.135. The van der Waals surface area contributed by atoms with Gasteiger partial charge in [-0.15, -0.1) is 16.1 Å². The number of amides is 2. The SMILES string of the molecule is COc1ccc(-c2sc(-c3ccc4c(c3)N(C(=O)N[S+]3Nc5ccccc5S3)CCO4)nc2C(=O)[O-])cc1. The maximum Gasteiger partial charge on any atom is 0.366 e. The van der Waals surface area contributed by atoms with Gasteiger partial charge in [0.05, 0.1) is 35.1 Å². The number of carbonyl (C=O) groups excluding carboxylic acids is 2. The highest BCUT2D eigenvalue weighted by Gasteiger charge is 2.37. The minimum atomic E-state index is -1.36. The van der Waals surface area contributed by atoms with E-state index in [0.717, 1.165) is 10.6 Å². The zero-order chi connectivity index (χ0) is 26.2. The summed E-state index contributed by atoms with van der Waals surface area (Å²) in [5.74, 6) is -0.123. The van der Waals surface area contributed by atoms with Crippen LogP contribution in [-0.4, -0.2) is 37.2 Å². The summed E-state index contributed by atoms with van der Waals surface area (Å²) in [5, 5.41) is 12.4. The molecule has 2 aliphatic heterocycles. The number of rotatable bonds is 5. The van der Waals surface area contributed by atoms with E-state index in [1.165, 1.54) is 11.3 Å². The predicted octanol–water partition coefficient (Wildman–Crippen LogP) is 4.34. The Morgan fingerprint density at radius 3 is 2.68 bits per heavy atom. The number of para-hydroxylation sites is 1. The van der Waals surface area contributed by atoms with Gasteiger partial charge in [-0.3, -0.25) is 4.90 Å². The summed E-state index contributed by atoms with van der Waals surface area (Å²) >= 11 is 1.24. The Labute approximate surface area is 228 Å². The highest BCUT2D eigenvalue weighted by molar-refractivity contribution is 8.74. The van der Waals surface area contributed by atoms with Crippen LogP contribution in [0, 0.1) is 0 Å². The Morgan fingerprint density at radius 1 is 1.13 bits per heavy atom. The molecule has 0 radical (unpaired) electrons. The molecule has 6 rings (SSSR count). The number of anilines is 2. The van der Waals surface area contributed by atoms with Crippen molar-refractivity contribution < 1.29 is 24.2 Å². The van der Waals surface area contributed by atoms with Crippen LogP contribution in [0.25, 0.3) is 21.0 Å². The van der Waals surface area contributed by atoms with Crippen molar-refractivity contribution in [3.05, 3.63) is 72.4 Å². The molecule has 0 aliphatic carbocycles. The van der Waals surface area contributed by atoms with Crippen molar-refractivity contribution in [2.45, 2.75) is 4.90 Å². The summed E-state index contributed by atoms with van der Waals surface area (Å²) in [6, 6.07) is 20.1. The molecule has 9 nitrogen and oxygen atoms in total. The highest BCUT2D eigenvalue weighted by Crippen LogP contribution is 2.42.